The van der Waals surface area contributed by atoms with Crippen molar-refractivity contribution >= 4 is 35.2 Å². The predicted octanol–water partition coefficient (Wildman–Crippen LogP) is 2.80. The molecule has 3 aromatic rings. The molecule has 170 valence electrons. The fourth-order valence-corrected chi connectivity index (χ4v) is 3.17. The number of methoxy groups -OCH3 is 2. The summed E-state index contributed by atoms with van der Waals surface area (Å²) in [5.41, 5.74) is 12.9. The molecule has 2 aromatic carbocycles. The maximum absolute atomic E-state index is 12.4. The Morgan fingerprint density at radius 1 is 0.758 bits per heavy atom. The molecule has 0 saturated carbocycles. The van der Waals surface area contributed by atoms with Gasteiger partial charge in [0.15, 0.2) is 11.9 Å². The van der Waals surface area contributed by atoms with Crippen molar-refractivity contribution in [3.8, 4) is 22.6 Å². The van der Waals surface area contributed by atoms with Crippen molar-refractivity contribution < 1.29 is 23.5 Å². The average Bonchev–Trinajstić information content (AvgIpc) is 3.27. The molecular formula is C22H22N6O5. The van der Waals surface area contributed by atoms with Crippen LogP contribution in [0.15, 0.2) is 52.9 Å². The van der Waals surface area contributed by atoms with E-state index in [2.05, 4.69) is 10.6 Å². The van der Waals surface area contributed by atoms with Crippen LogP contribution >= 0.6 is 0 Å². The van der Waals surface area contributed by atoms with Gasteiger partial charge in [0.25, 0.3) is 0 Å². The topological polar surface area (TPSA) is 190 Å². The van der Waals surface area contributed by atoms with E-state index in [4.69, 9.17) is 36.2 Å². The number of rotatable bonds is 6. The van der Waals surface area contributed by atoms with Gasteiger partial charge in [-0.05, 0) is 48.5 Å². The highest BCUT2D eigenvalue weighted by atomic mass is 16.5. The molecule has 0 unspecified atom stereocenters. The fourth-order valence-electron chi connectivity index (χ4n) is 3.17. The van der Waals surface area contributed by atoms with Crippen molar-refractivity contribution in [3.05, 3.63) is 59.7 Å². The Balaban J connectivity index is 2.07. The summed E-state index contributed by atoms with van der Waals surface area (Å²) >= 11 is 0. The van der Waals surface area contributed by atoms with Crippen LogP contribution < -0.4 is 22.1 Å². The molecule has 33 heavy (non-hydrogen) atoms. The van der Waals surface area contributed by atoms with E-state index in [0.29, 0.717) is 34.0 Å². The molecule has 0 radical (unpaired) electrons. The van der Waals surface area contributed by atoms with Crippen LogP contribution in [0.5, 0.6) is 0 Å². The number of furan rings is 1. The third kappa shape index (κ3) is 5.10. The highest BCUT2D eigenvalue weighted by molar-refractivity contribution is 6.01. The molecule has 1 heterocycles. The van der Waals surface area contributed by atoms with Gasteiger partial charge in [0.05, 0.1) is 25.3 Å². The number of nitrogens with two attached hydrogens (primary N) is 2. The summed E-state index contributed by atoms with van der Waals surface area (Å²) in [4.78, 5) is 24.7. The van der Waals surface area contributed by atoms with Gasteiger partial charge in [-0.15, -0.1) is 0 Å². The van der Waals surface area contributed by atoms with Crippen LogP contribution in [0.4, 0.5) is 11.4 Å². The predicted molar refractivity (Wildman–Crippen MR) is 123 cm³/mol. The molecule has 0 bridgehead atoms. The molecule has 11 heteroatoms. The van der Waals surface area contributed by atoms with E-state index in [0.717, 1.165) is 0 Å². The van der Waals surface area contributed by atoms with Crippen molar-refractivity contribution in [1.29, 1.82) is 10.8 Å². The molecule has 3 rings (SSSR count). The van der Waals surface area contributed by atoms with Gasteiger partial charge in [-0.2, -0.15) is 0 Å². The van der Waals surface area contributed by atoms with E-state index in [-0.39, 0.29) is 23.0 Å². The number of nitrogens with one attached hydrogen (secondary N) is 4. The largest absolute Gasteiger partial charge is 0.465 e. The van der Waals surface area contributed by atoms with Gasteiger partial charge in [-0.1, -0.05) is 0 Å². The molecule has 0 aliphatic heterocycles. The zero-order chi connectivity index (χ0) is 24.1. The number of esters is 2. The van der Waals surface area contributed by atoms with Gasteiger partial charge < -0.3 is 36.0 Å². The van der Waals surface area contributed by atoms with Crippen molar-refractivity contribution in [1.82, 2.24) is 0 Å². The van der Waals surface area contributed by atoms with Crippen LogP contribution in [0.3, 0.4) is 0 Å². The number of hydrogen-bond donors (Lipinski definition) is 6. The summed E-state index contributed by atoms with van der Waals surface area (Å²) in [6, 6.07) is 12.8. The lowest BCUT2D eigenvalue weighted by molar-refractivity contribution is 0.0593. The van der Waals surface area contributed by atoms with Crippen molar-refractivity contribution in [2.24, 2.45) is 11.5 Å². The molecule has 0 aliphatic rings. The van der Waals surface area contributed by atoms with E-state index >= 15 is 0 Å². The standard InChI is InChI=1S/C22H22N6O5/c1-31-19(29)15-9-11(27-21(23)24)3-5-13(15)17-7-8-18(33-17)14-6-4-12(28-22(25)26)10-16(14)20(30)32-2/h3-10H,1-2H3,(H4,23,24,27)(H4,25,26,28). The van der Waals surface area contributed by atoms with Crippen LogP contribution in [-0.2, 0) is 9.47 Å². The molecule has 11 nitrogen and oxygen atoms in total. The zero-order valence-electron chi connectivity index (χ0n) is 17.8. The van der Waals surface area contributed by atoms with Gasteiger partial charge in [-0.3, -0.25) is 10.8 Å². The summed E-state index contributed by atoms with van der Waals surface area (Å²) < 4.78 is 15.7. The van der Waals surface area contributed by atoms with E-state index in [1.54, 1.807) is 36.4 Å². The number of carbonyl (C=O) groups is 2. The Morgan fingerprint density at radius 2 is 1.15 bits per heavy atom. The van der Waals surface area contributed by atoms with E-state index in [1.807, 2.05) is 0 Å². The molecule has 0 saturated heterocycles. The Morgan fingerprint density at radius 3 is 1.48 bits per heavy atom. The highest BCUT2D eigenvalue weighted by Gasteiger charge is 2.20. The number of guanidine groups is 2. The molecule has 0 fully saturated rings. The van der Waals surface area contributed by atoms with Crippen molar-refractivity contribution in [2.45, 2.75) is 0 Å². The number of benzene rings is 2. The first-order valence-electron chi connectivity index (χ1n) is 9.51. The lowest BCUT2D eigenvalue weighted by atomic mass is 10.0. The Hall–Kier alpha value is -4.80. The van der Waals surface area contributed by atoms with E-state index < -0.39 is 11.9 Å². The second-order valence-electron chi connectivity index (χ2n) is 6.75. The normalized spacial score (nSPS) is 10.2. The molecule has 0 atom stereocenters. The second kappa shape index (κ2) is 9.56. The van der Waals surface area contributed by atoms with Crippen LogP contribution in [-0.4, -0.2) is 38.1 Å². The van der Waals surface area contributed by atoms with Crippen LogP contribution in [0.1, 0.15) is 20.7 Å². The zero-order valence-corrected chi connectivity index (χ0v) is 17.8. The molecule has 8 N–H and O–H groups in total. The van der Waals surface area contributed by atoms with Gasteiger partial charge in [0.2, 0.25) is 0 Å². The summed E-state index contributed by atoms with van der Waals surface area (Å²) in [5.74, 6) is -1.08. The number of ether oxygens (including phenoxy) is 2. The third-order valence-corrected chi connectivity index (χ3v) is 4.54. The van der Waals surface area contributed by atoms with Crippen LogP contribution in [0.25, 0.3) is 22.6 Å². The van der Waals surface area contributed by atoms with Gasteiger partial charge in [0, 0.05) is 22.5 Å². The minimum atomic E-state index is -0.606. The molecule has 0 aliphatic carbocycles. The lowest BCUT2D eigenvalue weighted by Gasteiger charge is -2.11. The first-order chi connectivity index (χ1) is 15.7. The van der Waals surface area contributed by atoms with E-state index in [1.165, 1.54) is 26.4 Å². The van der Waals surface area contributed by atoms with Crippen molar-refractivity contribution in [3.63, 3.8) is 0 Å². The maximum Gasteiger partial charge on any atom is 0.338 e. The molecule has 0 spiro atoms. The van der Waals surface area contributed by atoms with E-state index in [9.17, 15) is 9.59 Å². The minimum absolute atomic E-state index is 0.193. The van der Waals surface area contributed by atoms with Crippen LogP contribution in [0.2, 0.25) is 0 Å². The lowest BCUT2D eigenvalue weighted by Crippen LogP contribution is -2.20. The quantitative estimate of drug-likeness (QED) is 0.186. The Kier molecular flexibility index (Phi) is 6.63. The highest BCUT2D eigenvalue weighted by Crippen LogP contribution is 2.34. The minimum Gasteiger partial charge on any atom is -0.465 e. The van der Waals surface area contributed by atoms with Gasteiger partial charge in [-0.25, -0.2) is 9.59 Å². The monoisotopic (exact) mass is 450 g/mol. The average molecular weight is 450 g/mol. The number of hydrogen-bond acceptors (Lipinski definition) is 7. The summed E-state index contributed by atoms with van der Waals surface area (Å²) in [7, 11) is 2.51. The first kappa shape index (κ1) is 22.9. The summed E-state index contributed by atoms with van der Waals surface area (Å²) in [6.45, 7) is 0. The van der Waals surface area contributed by atoms with Gasteiger partial charge >= 0.3 is 11.9 Å². The third-order valence-electron chi connectivity index (χ3n) is 4.54. The van der Waals surface area contributed by atoms with Crippen molar-refractivity contribution in [2.75, 3.05) is 24.9 Å². The fraction of sp³-hybridized carbons (Fsp3) is 0.0909. The number of anilines is 2. The molecule has 0 amide bonds. The van der Waals surface area contributed by atoms with Gasteiger partial charge in [0.1, 0.15) is 11.5 Å². The molecular weight excluding hydrogens is 428 g/mol. The Bertz CT molecular complexity index is 1160. The number of carbonyl (C=O) groups excluding carboxylic acids is 2. The summed E-state index contributed by atoms with van der Waals surface area (Å²) in [6.07, 6.45) is 0. The maximum atomic E-state index is 12.4. The second-order valence-corrected chi connectivity index (χ2v) is 6.75. The SMILES string of the molecule is COC(=O)c1cc(NC(=N)N)ccc1-c1ccc(-c2ccc(NC(=N)N)cc2C(=O)OC)o1. The first-order valence-corrected chi connectivity index (χ1v) is 9.51. The molecule has 1 aromatic heterocycles. The van der Waals surface area contributed by atoms with Crippen LogP contribution in [0, 0.1) is 10.8 Å². The smallest absolute Gasteiger partial charge is 0.338 e. The summed E-state index contributed by atoms with van der Waals surface area (Å²) in [5, 5.41) is 20.0. The Labute approximate surface area is 188 Å².